The van der Waals surface area contributed by atoms with Crippen LogP contribution in [0.4, 0.5) is 21.5 Å². The van der Waals surface area contributed by atoms with Gasteiger partial charge in [-0.2, -0.15) is 0 Å². The number of aromatic carboxylic acids is 1. The average molecular weight is 455 g/mol. The molecule has 1 aliphatic heterocycles. The van der Waals surface area contributed by atoms with Crippen molar-refractivity contribution in [1.29, 1.82) is 0 Å². The van der Waals surface area contributed by atoms with Gasteiger partial charge in [0, 0.05) is 43.5 Å². The molecule has 2 aromatic rings. The summed E-state index contributed by atoms with van der Waals surface area (Å²) in [6.45, 7) is 2.77. The minimum atomic E-state index is -1.09. The summed E-state index contributed by atoms with van der Waals surface area (Å²) < 4.78 is 13.0. The molecule has 2 aromatic carbocycles. The van der Waals surface area contributed by atoms with Crippen LogP contribution < -0.4 is 15.5 Å². The molecule has 0 unspecified atom stereocenters. The highest BCUT2D eigenvalue weighted by molar-refractivity contribution is 6.02. The predicted octanol–water partition coefficient (Wildman–Crippen LogP) is 3.02. The van der Waals surface area contributed by atoms with Crippen LogP contribution >= 0.6 is 0 Å². The van der Waals surface area contributed by atoms with Crippen LogP contribution in [-0.4, -0.2) is 60.5 Å². The lowest BCUT2D eigenvalue weighted by Gasteiger charge is -2.36. The van der Waals surface area contributed by atoms with Gasteiger partial charge >= 0.3 is 5.97 Å². The van der Waals surface area contributed by atoms with Crippen LogP contribution in [0.2, 0.25) is 0 Å². The summed E-state index contributed by atoms with van der Waals surface area (Å²) >= 11 is 0. The first kappa shape index (κ1) is 22.7. The number of carboxylic acid groups (broad SMARTS) is 1. The van der Waals surface area contributed by atoms with Crippen molar-refractivity contribution < 1.29 is 23.9 Å². The SMILES string of the molecule is O=C(CN1CCN(c2ccc(NC(=O)C3CCC3)c(C(=O)O)c2)CC1)Nc1ccc(F)cc1. The normalized spacial score (nSPS) is 16.7. The summed E-state index contributed by atoms with van der Waals surface area (Å²) in [5, 5.41) is 15.2. The Kier molecular flexibility index (Phi) is 6.88. The van der Waals surface area contributed by atoms with E-state index in [1.165, 1.54) is 24.3 Å². The Hall–Kier alpha value is -3.46. The van der Waals surface area contributed by atoms with Crippen LogP contribution in [0.1, 0.15) is 29.6 Å². The molecule has 8 nitrogen and oxygen atoms in total. The van der Waals surface area contributed by atoms with Gasteiger partial charge in [-0.15, -0.1) is 0 Å². The molecule has 174 valence electrons. The summed E-state index contributed by atoms with van der Waals surface area (Å²) in [6, 6.07) is 10.7. The van der Waals surface area contributed by atoms with E-state index in [-0.39, 0.29) is 35.7 Å². The van der Waals surface area contributed by atoms with E-state index < -0.39 is 5.97 Å². The highest BCUT2D eigenvalue weighted by Gasteiger charge is 2.27. The summed E-state index contributed by atoms with van der Waals surface area (Å²) in [4.78, 5) is 40.4. The van der Waals surface area contributed by atoms with E-state index >= 15 is 0 Å². The minimum absolute atomic E-state index is 0.0281. The van der Waals surface area contributed by atoms with Crippen LogP contribution in [0.3, 0.4) is 0 Å². The van der Waals surface area contributed by atoms with Gasteiger partial charge in [-0.1, -0.05) is 6.42 Å². The van der Waals surface area contributed by atoms with Crippen molar-refractivity contribution in [3.63, 3.8) is 0 Å². The van der Waals surface area contributed by atoms with Gasteiger partial charge in [-0.25, -0.2) is 9.18 Å². The zero-order valence-corrected chi connectivity index (χ0v) is 18.2. The van der Waals surface area contributed by atoms with E-state index in [4.69, 9.17) is 0 Å². The van der Waals surface area contributed by atoms with Crippen molar-refractivity contribution in [2.75, 3.05) is 48.3 Å². The first-order valence-electron chi connectivity index (χ1n) is 11.1. The smallest absolute Gasteiger partial charge is 0.337 e. The van der Waals surface area contributed by atoms with Crippen molar-refractivity contribution in [3.8, 4) is 0 Å². The monoisotopic (exact) mass is 454 g/mol. The summed E-state index contributed by atoms with van der Waals surface area (Å²) in [5.74, 6) is -1.76. The van der Waals surface area contributed by atoms with Crippen molar-refractivity contribution in [2.24, 2.45) is 5.92 Å². The molecule has 1 saturated heterocycles. The summed E-state index contributed by atoms with van der Waals surface area (Å²) in [6.07, 6.45) is 2.72. The molecule has 9 heteroatoms. The number of rotatable bonds is 7. The maximum absolute atomic E-state index is 13.0. The molecule has 2 fully saturated rings. The quantitative estimate of drug-likeness (QED) is 0.595. The van der Waals surface area contributed by atoms with Gasteiger partial charge in [-0.3, -0.25) is 14.5 Å². The Labute approximate surface area is 191 Å². The first-order chi connectivity index (χ1) is 15.9. The molecule has 3 N–H and O–H groups in total. The average Bonchev–Trinajstić information content (AvgIpc) is 2.75. The second-order valence-corrected chi connectivity index (χ2v) is 8.47. The van der Waals surface area contributed by atoms with Gasteiger partial charge in [0.2, 0.25) is 11.8 Å². The number of carbonyl (C=O) groups excluding carboxylic acids is 2. The van der Waals surface area contributed by atoms with Crippen molar-refractivity contribution >= 4 is 34.8 Å². The molecule has 0 aromatic heterocycles. The Morgan fingerprint density at radius 3 is 2.27 bits per heavy atom. The lowest BCUT2D eigenvalue weighted by molar-refractivity contribution is -0.122. The molecule has 0 radical (unpaired) electrons. The van der Waals surface area contributed by atoms with Gasteiger partial charge < -0.3 is 20.6 Å². The highest BCUT2D eigenvalue weighted by atomic mass is 19.1. The number of benzene rings is 2. The van der Waals surface area contributed by atoms with Crippen LogP contribution in [-0.2, 0) is 9.59 Å². The number of halogens is 1. The fourth-order valence-corrected chi connectivity index (χ4v) is 4.02. The molecule has 0 bridgehead atoms. The van der Waals surface area contributed by atoms with Crippen molar-refractivity contribution in [2.45, 2.75) is 19.3 Å². The lowest BCUT2D eigenvalue weighted by atomic mass is 9.85. The largest absolute Gasteiger partial charge is 0.478 e. The highest BCUT2D eigenvalue weighted by Crippen LogP contribution is 2.30. The molecule has 2 aliphatic rings. The number of hydrogen-bond donors (Lipinski definition) is 3. The van der Waals surface area contributed by atoms with Crippen molar-refractivity contribution in [3.05, 3.63) is 53.8 Å². The molecule has 0 atom stereocenters. The van der Waals surface area contributed by atoms with Gasteiger partial charge in [0.15, 0.2) is 0 Å². The number of nitrogens with one attached hydrogen (secondary N) is 2. The number of carbonyl (C=O) groups is 3. The fraction of sp³-hybridized carbons (Fsp3) is 0.375. The molecule has 1 heterocycles. The van der Waals surface area contributed by atoms with E-state index in [9.17, 15) is 23.9 Å². The maximum Gasteiger partial charge on any atom is 0.337 e. The zero-order valence-electron chi connectivity index (χ0n) is 18.2. The second kappa shape index (κ2) is 9.99. The number of hydrogen-bond acceptors (Lipinski definition) is 5. The molecule has 1 saturated carbocycles. The van der Waals surface area contributed by atoms with Crippen molar-refractivity contribution in [1.82, 2.24) is 4.90 Å². The van der Waals surface area contributed by atoms with E-state index in [0.29, 0.717) is 37.6 Å². The third-order valence-electron chi connectivity index (χ3n) is 6.20. The second-order valence-electron chi connectivity index (χ2n) is 8.47. The Morgan fingerprint density at radius 1 is 0.970 bits per heavy atom. The summed E-state index contributed by atoms with van der Waals surface area (Å²) in [5.41, 5.74) is 1.70. The molecule has 1 aliphatic carbocycles. The van der Waals surface area contributed by atoms with E-state index in [1.807, 2.05) is 11.0 Å². The number of anilines is 3. The molecular formula is C24H27FN4O4. The maximum atomic E-state index is 13.0. The van der Waals surface area contributed by atoms with Crippen LogP contribution in [0.25, 0.3) is 0 Å². The molecule has 2 amide bonds. The zero-order chi connectivity index (χ0) is 23.4. The van der Waals surface area contributed by atoms with E-state index in [1.54, 1.807) is 12.1 Å². The van der Waals surface area contributed by atoms with Crippen LogP contribution in [0.5, 0.6) is 0 Å². The standard InChI is InChI=1S/C24H27FN4O4/c25-17-4-6-18(7-5-17)26-22(30)15-28-10-12-29(13-11-28)19-8-9-21(20(14-19)24(32)33)27-23(31)16-2-1-3-16/h4-9,14,16H,1-3,10-13,15H2,(H,26,30)(H,27,31)(H,32,33). The molecule has 4 rings (SSSR count). The number of carboxylic acids is 1. The summed E-state index contributed by atoms with van der Waals surface area (Å²) in [7, 11) is 0. The van der Waals surface area contributed by atoms with Gasteiger partial charge in [0.25, 0.3) is 0 Å². The van der Waals surface area contributed by atoms with Gasteiger partial charge in [0.05, 0.1) is 17.8 Å². The minimum Gasteiger partial charge on any atom is -0.478 e. The Morgan fingerprint density at radius 2 is 1.67 bits per heavy atom. The van der Waals surface area contributed by atoms with Gasteiger partial charge in [-0.05, 0) is 55.3 Å². The first-order valence-corrected chi connectivity index (χ1v) is 11.1. The molecule has 33 heavy (non-hydrogen) atoms. The third kappa shape index (κ3) is 5.67. The number of piperazine rings is 1. The Balaban J connectivity index is 1.32. The van der Waals surface area contributed by atoms with E-state index in [2.05, 4.69) is 15.5 Å². The van der Waals surface area contributed by atoms with Crippen LogP contribution in [0, 0.1) is 11.7 Å². The Bertz CT molecular complexity index is 1030. The fourth-order valence-electron chi connectivity index (χ4n) is 4.02. The number of nitrogens with zero attached hydrogens (tertiary/aromatic N) is 2. The third-order valence-corrected chi connectivity index (χ3v) is 6.20. The van der Waals surface area contributed by atoms with Gasteiger partial charge in [0.1, 0.15) is 5.82 Å². The molecule has 0 spiro atoms. The number of amides is 2. The topological polar surface area (TPSA) is 102 Å². The van der Waals surface area contributed by atoms with E-state index in [0.717, 1.165) is 24.9 Å². The molecular weight excluding hydrogens is 427 g/mol. The predicted molar refractivity (Wildman–Crippen MR) is 123 cm³/mol. The van der Waals surface area contributed by atoms with Crippen LogP contribution in [0.15, 0.2) is 42.5 Å². The lowest BCUT2D eigenvalue weighted by Crippen LogP contribution is -2.48.